The van der Waals surface area contributed by atoms with Gasteiger partial charge >= 0.3 is 0 Å². The lowest BCUT2D eigenvalue weighted by Gasteiger charge is -2.24. The molecule has 5 heteroatoms. The van der Waals surface area contributed by atoms with Gasteiger partial charge in [0, 0.05) is 0 Å². The highest BCUT2D eigenvalue weighted by atomic mass is 19.1. The smallest absolute Gasteiger partial charge is 0.241 e. The SMILES string of the molecule is CCc1ccc([C@@H](N[C@H](C)C(=O)Nc2ccccc2C#N)c2cccc(F)c2)cc1. The van der Waals surface area contributed by atoms with E-state index in [0.29, 0.717) is 11.3 Å². The van der Waals surface area contributed by atoms with Gasteiger partial charge in [-0.15, -0.1) is 0 Å². The molecule has 3 aromatic carbocycles. The van der Waals surface area contributed by atoms with Crippen LogP contribution < -0.4 is 10.6 Å². The summed E-state index contributed by atoms with van der Waals surface area (Å²) in [7, 11) is 0. The Bertz CT molecular complexity index is 1060. The van der Waals surface area contributed by atoms with E-state index >= 15 is 0 Å². The van der Waals surface area contributed by atoms with Crippen LogP contribution in [-0.2, 0) is 11.2 Å². The van der Waals surface area contributed by atoms with Gasteiger partial charge in [-0.2, -0.15) is 5.26 Å². The van der Waals surface area contributed by atoms with Crippen LogP contribution in [0.15, 0.2) is 72.8 Å². The van der Waals surface area contributed by atoms with E-state index in [-0.39, 0.29) is 17.8 Å². The van der Waals surface area contributed by atoms with Crippen LogP contribution in [0.4, 0.5) is 10.1 Å². The minimum Gasteiger partial charge on any atom is -0.324 e. The highest BCUT2D eigenvalue weighted by Gasteiger charge is 2.22. The molecule has 2 N–H and O–H groups in total. The van der Waals surface area contributed by atoms with Gasteiger partial charge < -0.3 is 5.32 Å². The van der Waals surface area contributed by atoms with Crippen LogP contribution >= 0.6 is 0 Å². The van der Waals surface area contributed by atoms with Gasteiger partial charge in [0.15, 0.2) is 0 Å². The average molecular weight is 401 g/mol. The molecule has 2 atom stereocenters. The van der Waals surface area contributed by atoms with Gasteiger partial charge in [0.2, 0.25) is 5.91 Å². The average Bonchev–Trinajstić information content (AvgIpc) is 2.77. The van der Waals surface area contributed by atoms with Crippen molar-refractivity contribution in [3.63, 3.8) is 0 Å². The maximum Gasteiger partial charge on any atom is 0.241 e. The number of nitrogens with zero attached hydrogens (tertiary/aromatic N) is 1. The highest BCUT2D eigenvalue weighted by molar-refractivity contribution is 5.95. The quantitative estimate of drug-likeness (QED) is 0.588. The summed E-state index contributed by atoms with van der Waals surface area (Å²) < 4.78 is 13.9. The van der Waals surface area contributed by atoms with E-state index in [1.807, 2.05) is 30.3 Å². The standard InChI is InChI=1S/C25H24FN3O/c1-3-18-11-13-19(14-12-18)24(20-8-6-9-22(26)15-20)28-17(2)25(30)29-23-10-5-4-7-21(23)16-27/h4-15,17,24,28H,3H2,1-2H3,(H,29,30)/t17-,24-/m1/s1. The molecular weight excluding hydrogens is 377 g/mol. The zero-order valence-electron chi connectivity index (χ0n) is 17.0. The third-order valence-electron chi connectivity index (χ3n) is 5.02. The largest absolute Gasteiger partial charge is 0.324 e. The minimum absolute atomic E-state index is 0.274. The van der Waals surface area contributed by atoms with E-state index in [9.17, 15) is 14.4 Å². The van der Waals surface area contributed by atoms with Gasteiger partial charge in [-0.25, -0.2) is 4.39 Å². The molecule has 0 heterocycles. The molecular formula is C25H24FN3O. The first-order chi connectivity index (χ1) is 14.5. The van der Waals surface area contributed by atoms with Crippen LogP contribution in [0.1, 0.15) is 42.1 Å². The van der Waals surface area contributed by atoms with E-state index in [1.54, 1.807) is 37.3 Å². The summed E-state index contributed by atoms with van der Waals surface area (Å²) in [5, 5.41) is 15.3. The monoisotopic (exact) mass is 401 g/mol. The Kier molecular flexibility index (Phi) is 6.95. The Hall–Kier alpha value is -3.49. The number of halogens is 1. The van der Waals surface area contributed by atoms with E-state index in [2.05, 4.69) is 23.6 Å². The minimum atomic E-state index is -0.587. The number of rotatable bonds is 7. The van der Waals surface area contributed by atoms with Crippen LogP contribution in [0.2, 0.25) is 0 Å². The summed E-state index contributed by atoms with van der Waals surface area (Å²) in [6, 6.07) is 22.4. The summed E-state index contributed by atoms with van der Waals surface area (Å²) in [5.41, 5.74) is 3.74. The zero-order chi connectivity index (χ0) is 21.5. The van der Waals surface area contributed by atoms with E-state index in [1.165, 1.54) is 17.7 Å². The molecule has 0 aliphatic rings. The third-order valence-corrected chi connectivity index (χ3v) is 5.02. The van der Waals surface area contributed by atoms with Gasteiger partial charge in [0.05, 0.1) is 23.3 Å². The Labute approximate surface area is 176 Å². The lowest BCUT2D eigenvalue weighted by atomic mass is 9.96. The van der Waals surface area contributed by atoms with Crippen LogP contribution in [0.25, 0.3) is 0 Å². The first-order valence-electron chi connectivity index (χ1n) is 9.92. The van der Waals surface area contributed by atoms with Crippen LogP contribution in [0.5, 0.6) is 0 Å². The molecule has 3 aromatic rings. The highest BCUT2D eigenvalue weighted by Crippen LogP contribution is 2.24. The van der Waals surface area contributed by atoms with E-state index in [0.717, 1.165) is 17.5 Å². The van der Waals surface area contributed by atoms with Gasteiger partial charge in [0.25, 0.3) is 0 Å². The van der Waals surface area contributed by atoms with Crippen molar-refractivity contribution in [1.82, 2.24) is 5.32 Å². The summed E-state index contributed by atoms with van der Waals surface area (Å²) in [5.74, 6) is -0.603. The topological polar surface area (TPSA) is 64.9 Å². The fraction of sp³-hybridized carbons (Fsp3) is 0.200. The molecule has 1 amide bonds. The van der Waals surface area contributed by atoms with Crippen molar-refractivity contribution in [2.75, 3.05) is 5.32 Å². The lowest BCUT2D eigenvalue weighted by Crippen LogP contribution is -2.40. The molecule has 0 saturated carbocycles. The predicted octanol–water partition coefficient (Wildman–Crippen LogP) is 4.97. The summed E-state index contributed by atoms with van der Waals surface area (Å²) in [6.45, 7) is 3.83. The molecule has 0 aromatic heterocycles. The second kappa shape index (κ2) is 9.82. The molecule has 3 rings (SSSR count). The molecule has 0 radical (unpaired) electrons. The van der Waals surface area contributed by atoms with Crippen LogP contribution in [0.3, 0.4) is 0 Å². The van der Waals surface area contributed by atoms with Crippen molar-refractivity contribution in [3.05, 3.63) is 101 Å². The van der Waals surface area contributed by atoms with Gasteiger partial charge in [0.1, 0.15) is 11.9 Å². The molecule has 0 saturated heterocycles. The van der Waals surface area contributed by atoms with Gasteiger partial charge in [-0.1, -0.05) is 55.5 Å². The normalized spacial score (nSPS) is 12.6. The van der Waals surface area contributed by atoms with Crippen LogP contribution in [-0.4, -0.2) is 11.9 Å². The van der Waals surface area contributed by atoms with Crippen molar-refractivity contribution in [3.8, 4) is 6.07 Å². The molecule has 4 nitrogen and oxygen atoms in total. The third kappa shape index (κ3) is 5.11. The number of nitrogens with one attached hydrogen (secondary N) is 2. The van der Waals surface area contributed by atoms with Crippen molar-refractivity contribution in [2.24, 2.45) is 0 Å². The molecule has 152 valence electrons. The number of nitriles is 1. The number of anilines is 1. The number of hydrogen-bond donors (Lipinski definition) is 2. The van der Waals surface area contributed by atoms with Crippen molar-refractivity contribution in [1.29, 1.82) is 5.26 Å². The number of carbonyl (C=O) groups is 1. The van der Waals surface area contributed by atoms with E-state index in [4.69, 9.17) is 0 Å². The molecule has 0 aliphatic heterocycles. The lowest BCUT2D eigenvalue weighted by molar-refractivity contribution is -0.117. The Morgan fingerprint density at radius 3 is 2.43 bits per heavy atom. The number of amides is 1. The molecule has 0 unspecified atom stereocenters. The number of hydrogen-bond acceptors (Lipinski definition) is 3. The first-order valence-corrected chi connectivity index (χ1v) is 9.92. The summed E-state index contributed by atoms with van der Waals surface area (Å²) >= 11 is 0. The number of carbonyl (C=O) groups excluding carboxylic acids is 1. The van der Waals surface area contributed by atoms with Crippen molar-refractivity contribution in [2.45, 2.75) is 32.4 Å². The maximum atomic E-state index is 13.9. The molecule has 0 bridgehead atoms. The fourth-order valence-electron chi connectivity index (χ4n) is 3.27. The van der Waals surface area contributed by atoms with Gasteiger partial charge in [-0.05, 0) is 54.3 Å². The number of para-hydroxylation sites is 1. The summed E-state index contributed by atoms with van der Waals surface area (Å²) in [6.07, 6.45) is 0.926. The predicted molar refractivity (Wildman–Crippen MR) is 116 cm³/mol. The number of aryl methyl sites for hydroxylation is 1. The molecule has 0 fully saturated rings. The van der Waals surface area contributed by atoms with E-state index < -0.39 is 6.04 Å². The molecule has 0 spiro atoms. The number of benzene rings is 3. The van der Waals surface area contributed by atoms with Crippen molar-refractivity contribution < 1.29 is 9.18 Å². The second-order valence-corrected chi connectivity index (χ2v) is 7.12. The zero-order valence-corrected chi connectivity index (χ0v) is 17.0. The fourth-order valence-corrected chi connectivity index (χ4v) is 3.27. The molecule has 30 heavy (non-hydrogen) atoms. The maximum absolute atomic E-state index is 13.9. The summed E-state index contributed by atoms with van der Waals surface area (Å²) in [4.78, 5) is 12.8. The second-order valence-electron chi connectivity index (χ2n) is 7.12. The first kappa shape index (κ1) is 21.2. The Morgan fingerprint density at radius 2 is 1.77 bits per heavy atom. The van der Waals surface area contributed by atoms with Crippen LogP contribution in [0, 0.1) is 17.1 Å². The Balaban J connectivity index is 1.84. The molecule has 0 aliphatic carbocycles. The van der Waals surface area contributed by atoms with Gasteiger partial charge in [-0.3, -0.25) is 10.1 Å². The van der Waals surface area contributed by atoms with Crippen molar-refractivity contribution >= 4 is 11.6 Å². The Morgan fingerprint density at radius 1 is 1.03 bits per heavy atom.